The van der Waals surface area contributed by atoms with Crippen LogP contribution in [0.4, 0.5) is 5.82 Å². The molecule has 1 fully saturated rings. The van der Waals surface area contributed by atoms with Gasteiger partial charge in [-0.05, 0) is 42.5 Å². The molecule has 1 aromatic carbocycles. The van der Waals surface area contributed by atoms with E-state index in [0.29, 0.717) is 5.82 Å². The van der Waals surface area contributed by atoms with Gasteiger partial charge in [-0.1, -0.05) is 39.0 Å². The van der Waals surface area contributed by atoms with Crippen LogP contribution in [-0.2, 0) is 15.6 Å². The molecule has 1 N–H and O–H groups in total. The molecule has 0 aliphatic heterocycles. The zero-order valence-corrected chi connectivity index (χ0v) is 15.8. The number of carbonyl (C=O) groups excluding carboxylic acids is 1. The lowest BCUT2D eigenvalue weighted by Gasteiger charge is -2.39. The standard InChI is InChI=1S/C22H22N4O/c1-20(2)21(3)11-12-22(20,19(27)26-16-10-6-7-13-23-16)18-17(21)24-14-8-4-5-9-15(14)25-18/h4-10,13H,11-12H2,1-3H3,(H,23,26,27). The second-order valence-corrected chi connectivity index (χ2v) is 8.44. The first-order chi connectivity index (χ1) is 12.9. The van der Waals surface area contributed by atoms with Crippen molar-refractivity contribution in [3.05, 3.63) is 60.0 Å². The molecule has 27 heavy (non-hydrogen) atoms. The monoisotopic (exact) mass is 358 g/mol. The third kappa shape index (κ3) is 1.84. The Morgan fingerprint density at radius 2 is 1.59 bits per heavy atom. The zero-order valence-electron chi connectivity index (χ0n) is 15.8. The van der Waals surface area contributed by atoms with E-state index in [0.717, 1.165) is 35.3 Å². The van der Waals surface area contributed by atoms with Gasteiger partial charge in [0.1, 0.15) is 5.82 Å². The minimum atomic E-state index is -0.703. The normalized spacial score (nSPS) is 27.5. The minimum absolute atomic E-state index is 0.0294. The summed E-state index contributed by atoms with van der Waals surface area (Å²) in [6.07, 6.45) is 3.39. The Morgan fingerprint density at radius 3 is 2.26 bits per heavy atom. The quantitative estimate of drug-likeness (QED) is 0.752. The van der Waals surface area contributed by atoms with E-state index in [-0.39, 0.29) is 16.7 Å². The summed E-state index contributed by atoms with van der Waals surface area (Å²) in [7, 11) is 0. The Bertz CT molecular complexity index is 1080. The van der Waals surface area contributed by atoms with E-state index in [4.69, 9.17) is 9.97 Å². The molecule has 0 radical (unpaired) electrons. The van der Waals surface area contributed by atoms with Crippen molar-refractivity contribution in [1.82, 2.24) is 15.0 Å². The molecule has 2 aliphatic carbocycles. The number of rotatable bonds is 2. The number of benzene rings is 1. The van der Waals surface area contributed by atoms with Crippen LogP contribution in [0, 0.1) is 5.41 Å². The van der Waals surface area contributed by atoms with Crippen LogP contribution in [-0.4, -0.2) is 20.9 Å². The number of aromatic nitrogens is 3. The molecule has 0 saturated heterocycles. The molecule has 136 valence electrons. The van der Waals surface area contributed by atoms with Gasteiger partial charge in [0.05, 0.1) is 27.8 Å². The molecule has 2 heterocycles. The summed E-state index contributed by atoms with van der Waals surface area (Å²) in [6.45, 7) is 6.61. The van der Waals surface area contributed by atoms with E-state index < -0.39 is 5.41 Å². The smallest absolute Gasteiger partial charge is 0.238 e. The average molecular weight is 358 g/mol. The molecule has 0 spiro atoms. The second-order valence-electron chi connectivity index (χ2n) is 8.44. The summed E-state index contributed by atoms with van der Waals surface area (Å²) < 4.78 is 0. The van der Waals surface area contributed by atoms with E-state index in [2.05, 4.69) is 31.1 Å². The van der Waals surface area contributed by atoms with Crippen LogP contribution in [0.25, 0.3) is 11.0 Å². The van der Waals surface area contributed by atoms with Crippen LogP contribution >= 0.6 is 0 Å². The Morgan fingerprint density at radius 1 is 0.926 bits per heavy atom. The van der Waals surface area contributed by atoms with E-state index in [1.807, 2.05) is 42.5 Å². The lowest BCUT2D eigenvalue weighted by molar-refractivity contribution is -0.125. The second kappa shape index (κ2) is 5.12. The summed E-state index contributed by atoms with van der Waals surface area (Å²) in [5, 5.41) is 3.05. The Labute approximate surface area is 158 Å². The minimum Gasteiger partial charge on any atom is -0.310 e. The highest BCUT2D eigenvalue weighted by Crippen LogP contribution is 2.70. The molecular weight excluding hydrogens is 336 g/mol. The van der Waals surface area contributed by atoms with Crippen LogP contribution in [0.5, 0.6) is 0 Å². The number of anilines is 1. The topological polar surface area (TPSA) is 67.8 Å². The maximum absolute atomic E-state index is 13.6. The summed E-state index contributed by atoms with van der Waals surface area (Å²) in [4.78, 5) is 27.9. The van der Waals surface area contributed by atoms with Gasteiger partial charge in [0.2, 0.25) is 5.91 Å². The highest BCUT2D eigenvalue weighted by molar-refractivity contribution is 6.01. The van der Waals surface area contributed by atoms with Crippen molar-refractivity contribution >= 4 is 22.8 Å². The van der Waals surface area contributed by atoms with E-state index in [1.54, 1.807) is 6.20 Å². The molecule has 3 aromatic rings. The Hall–Kier alpha value is -2.82. The van der Waals surface area contributed by atoms with Gasteiger partial charge in [-0.2, -0.15) is 0 Å². The van der Waals surface area contributed by atoms with Gasteiger partial charge < -0.3 is 5.32 Å². The van der Waals surface area contributed by atoms with Crippen LogP contribution < -0.4 is 5.32 Å². The van der Waals surface area contributed by atoms with Crippen molar-refractivity contribution in [2.45, 2.75) is 44.4 Å². The predicted octanol–water partition coefficient (Wildman–Crippen LogP) is 3.99. The van der Waals surface area contributed by atoms with E-state index >= 15 is 0 Å². The SMILES string of the molecule is CC12CCC(C(=O)Nc3ccccn3)(c3nc4ccccc4nc31)C2(C)C. The number of para-hydroxylation sites is 2. The van der Waals surface area contributed by atoms with E-state index in [9.17, 15) is 4.79 Å². The van der Waals surface area contributed by atoms with Crippen LogP contribution in [0.1, 0.15) is 45.0 Å². The van der Waals surface area contributed by atoms with Crippen LogP contribution in [0.3, 0.4) is 0 Å². The third-order valence-corrected chi connectivity index (χ3v) is 7.24. The number of nitrogens with zero attached hydrogens (tertiary/aromatic N) is 3. The Balaban J connectivity index is 1.72. The molecule has 5 heteroatoms. The first kappa shape index (κ1) is 16.4. The summed E-state index contributed by atoms with van der Waals surface area (Å²) >= 11 is 0. The molecule has 1 amide bonds. The molecule has 2 unspecified atom stereocenters. The van der Waals surface area contributed by atoms with Crippen molar-refractivity contribution < 1.29 is 4.79 Å². The number of amides is 1. The lowest BCUT2D eigenvalue weighted by atomic mass is 9.63. The van der Waals surface area contributed by atoms with Gasteiger partial charge >= 0.3 is 0 Å². The highest BCUT2D eigenvalue weighted by atomic mass is 16.2. The van der Waals surface area contributed by atoms with Crippen molar-refractivity contribution in [2.75, 3.05) is 5.32 Å². The van der Waals surface area contributed by atoms with Gasteiger partial charge in [0, 0.05) is 11.6 Å². The number of hydrogen-bond donors (Lipinski definition) is 1. The summed E-state index contributed by atoms with van der Waals surface area (Å²) in [6, 6.07) is 13.4. The first-order valence-corrected chi connectivity index (χ1v) is 9.40. The van der Waals surface area contributed by atoms with Crippen LogP contribution in [0.15, 0.2) is 48.7 Å². The maximum Gasteiger partial charge on any atom is 0.238 e. The number of pyridine rings is 1. The fourth-order valence-electron chi connectivity index (χ4n) is 5.21. The van der Waals surface area contributed by atoms with Gasteiger partial charge in [0.25, 0.3) is 0 Å². The lowest BCUT2D eigenvalue weighted by Crippen LogP contribution is -2.48. The van der Waals surface area contributed by atoms with Crippen molar-refractivity contribution in [3.63, 3.8) is 0 Å². The fraction of sp³-hybridized carbons (Fsp3) is 0.364. The number of nitrogens with one attached hydrogen (secondary N) is 1. The number of carbonyl (C=O) groups is 1. The zero-order chi connectivity index (χ0) is 18.9. The fourth-order valence-corrected chi connectivity index (χ4v) is 5.21. The summed E-state index contributed by atoms with van der Waals surface area (Å²) in [5.41, 5.74) is 2.38. The molecule has 2 aromatic heterocycles. The van der Waals surface area contributed by atoms with E-state index in [1.165, 1.54) is 0 Å². The van der Waals surface area contributed by atoms with Crippen molar-refractivity contribution in [2.24, 2.45) is 5.41 Å². The van der Waals surface area contributed by atoms with Gasteiger partial charge in [-0.15, -0.1) is 0 Å². The number of fused-ring (bicyclic) bond motifs is 6. The highest BCUT2D eigenvalue weighted by Gasteiger charge is 2.73. The van der Waals surface area contributed by atoms with Gasteiger partial charge in [-0.25, -0.2) is 15.0 Å². The molecular formula is C22H22N4O. The molecule has 2 bridgehead atoms. The van der Waals surface area contributed by atoms with Gasteiger partial charge in [0.15, 0.2) is 0 Å². The molecule has 5 nitrogen and oxygen atoms in total. The summed E-state index contributed by atoms with van der Waals surface area (Å²) in [5.74, 6) is 0.543. The number of hydrogen-bond acceptors (Lipinski definition) is 4. The van der Waals surface area contributed by atoms with Gasteiger partial charge in [-0.3, -0.25) is 4.79 Å². The first-order valence-electron chi connectivity index (χ1n) is 9.40. The Kier molecular flexibility index (Phi) is 3.10. The molecule has 5 rings (SSSR count). The third-order valence-electron chi connectivity index (χ3n) is 7.24. The largest absolute Gasteiger partial charge is 0.310 e. The maximum atomic E-state index is 13.6. The molecule has 2 aliphatic rings. The van der Waals surface area contributed by atoms with Crippen molar-refractivity contribution in [3.8, 4) is 0 Å². The predicted molar refractivity (Wildman–Crippen MR) is 104 cm³/mol. The molecule has 1 saturated carbocycles. The average Bonchev–Trinajstić information content (AvgIpc) is 2.97. The molecule has 2 atom stereocenters. The van der Waals surface area contributed by atoms with Crippen LogP contribution in [0.2, 0.25) is 0 Å². The van der Waals surface area contributed by atoms with Crippen molar-refractivity contribution in [1.29, 1.82) is 0 Å².